The van der Waals surface area contributed by atoms with Gasteiger partial charge >= 0.3 is 12.4 Å². The van der Waals surface area contributed by atoms with Crippen molar-refractivity contribution in [3.05, 3.63) is 92.4 Å². The van der Waals surface area contributed by atoms with Gasteiger partial charge in [-0.2, -0.15) is 47.4 Å². The van der Waals surface area contributed by atoms with Gasteiger partial charge in [0.05, 0.1) is 22.3 Å². The van der Waals surface area contributed by atoms with Crippen molar-refractivity contribution in [3.63, 3.8) is 0 Å². The molecule has 0 unspecified atom stereocenters. The van der Waals surface area contributed by atoms with Crippen molar-refractivity contribution < 1.29 is 43.9 Å². The van der Waals surface area contributed by atoms with Crippen LogP contribution in [-0.4, -0.2) is 0 Å². The molecular weight excluding hydrogens is 558 g/mol. The third-order valence-corrected chi connectivity index (χ3v) is 5.48. The molecule has 4 nitrogen and oxygen atoms in total. The molecule has 0 aliphatic rings. The molecule has 14 heteroatoms. The van der Waals surface area contributed by atoms with E-state index in [1.54, 1.807) is 0 Å². The minimum atomic E-state index is -5.35. The van der Waals surface area contributed by atoms with Gasteiger partial charge in [-0.25, -0.2) is 17.6 Å². The Kier molecular flexibility index (Phi) is 7.62. The first kappa shape index (κ1) is 29.2. The number of halogens is 10. The maximum Gasteiger partial charge on any atom is 0.417 e. The molecule has 0 saturated heterocycles. The van der Waals surface area contributed by atoms with Crippen LogP contribution in [0.1, 0.15) is 22.3 Å². The van der Waals surface area contributed by atoms with E-state index in [0.29, 0.717) is 12.1 Å². The average molecular weight is 564 g/mol. The molecule has 40 heavy (non-hydrogen) atoms. The second kappa shape index (κ2) is 10.4. The zero-order valence-corrected chi connectivity index (χ0v) is 19.0. The molecule has 0 radical (unpaired) electrons. The average Bonchev–Trinajstić information content (AvgIpc) is 2.90. The maximum absolute atomic E-state index is 14.8. The van der Waals surface area contributed by atoms with E-state index in [4.69, 9.17) is 15.8 Å². The molecule has 0 saturated carbocycles. The number of benzene rings is 3. The topological polar surface area (TPSA) is 95.2 Å². The van der Waals surface area contributed by atoms with Crippen molar-refractivity contribution in [3.8, 4) is 35.4 Å². The summed E-state index contributed by atoms with van der Waals surface area (Å²) < 4.78 is 140. The number of alkyl halides is 6. The SMILES string of the molecule is N#CC(C#N)=c1cc/c(=C(/C#N)c2c(F)c(F)c(C#N)c(F)c2F)c(-c2cc(C(F)(F)F)ccc2C(F)(F)F)c1. The summed E-state index contributed by atoms with van der Waals surface area (Å²) in [6.45, 7) is 0. The van der Waals surface area contributed by atoms with Gasteiger partial charge in [0.25, 0.3) is 0 Å². The van der Waals surface area contributed by atoms with Gasteiger partial charge in [-0.15, -0.1) is 0 Å². The summed E-state index contributed by atoms with van der Waals surface area (Å²) in [6, 6.07) is 7.00. The molecule has 3 aromatic carbocycles. The van der Waals surface area contributed by atoms with Crippen LogP contribution in [0, 0.1) is 68.6 Å². The lowest BCUT2D eigenvalue weighted by Gasteiger charge is -2.17. The fourth-order valence-corrected chi connectivity index (χ4v) is 3.69. The Morgan fingerprint density at radius 1 is 0.625 bits per heavy atom. The van der Waals surface area contributed by atoms with E-state index in [2.05, 4.69) is 0 Å². The van der Waals surface area contributed by atoms with Crippen molar-refractivity contribution in [2.45, 2.75) is 12.4 Å². The summed E-state index contributed by atoms with van der Waals surface area (Å²) in [4.78, 5) is 0. The van der Waals surface area contributed by atoms with E-state index in [9.17, 15) is 49.2 Å². The van der Waals surface area contributed by atoms with Gasteiger partial charge in [-0.05, 0) is 35.4 Å². The number of nitriles is 4. The van der Waals surface area contributed by atoms with Crippen LogP contribution < -0.4 is 10.4 Å². The van der Waals surface area contributed by atoms with Gasteiger partial charge in [0.15, 0.2) is 23.3 Å². The minimum absolute atomic E-state index is 0.00547. The highest BCUT2D eigenvalue weighted by atomic mass is 19.4. The normalized spacial score (nSPS) is 12.1. The van der Waals surface area contributed by atoms with Gasteiger partial charge < -0.3 is 0 Å². The minimum Gasteiger partial charge on any atom is -0.203 e. The summed E-state index contributed by atoms with van der Waals surface area (Å²) in [6.07, 6.45) is -10.5. The quantitative estimate of drug-likeness (QED) is 0.293. The molecule has 200 valence electrons. The molecule has 0 aliphatic heterocycles. The third-order valence-electron chi connectivity index (χ3n) is 5.48. The van der Waals surface area contributed by atoms with Crippen molar-refractivity contribution >= 4 is 11.1 Å². The highest BCUT2D eigenvalue weighted by Gasteiger charge is 2.38. The zero-order valence-electron chi connectivity index (χ0n) is 19.0. The molecule has 0 atom stereocenters. The molecule has 0 aromatic heterocycles. The second-order valence-corrected chi connectivity index (χ2v) is 7.72. The smallest absolute Gasteiger partial charge is 0.203 e. The fourth-order valence-electron chi connectivity index (χ4n) is 3.69. The van der Waals surface area contributed by atoms with E-state index in [0.717, 1.165) is 12.1 Å². The molecular formula is C26H6F10N4. The van der Waals surface area contributed by atoms with E-state index in [-0.39, 0.29) is 18.2 Å². The number of hydrogen-bond acceptors (Lipinski definition) is 4. The highest BCUT2D eigenvalue weighted by Crippen LogP contribution is 2.40. The molecule has 3 aromatic rings. The Hall–Kier alpha value is -5.34. The standard InChI is InChI=1S/C26H6F10N4/c27-21-18(10-40)22(28)24(30)20(23(21)29)17(9-39)14-3-1-11(12(7-37)8-38)5-15(14)16-6-13(25(31,32)33)2-4-19(16)26(34,35)36/h1-6H/b17-14+. The van der Waals surface area contributed by atoms with Crippen molar-refractivity contribution in [2.75, 3.05) is 0 Å². The van der Waals surface area contributed by atoms with Gasteiger partial charge in [-0.3, -0.25) is 0 Å². The van der Waals surface area contributed by atoms with Crippen LogP contribution in [0.25, 0.3) is 22.3 Å². The summed E-state index contributed by atoms with van der Waals surface area (Å²) >= 11 is 0. The van der Waals surface area contributed by atoms with Gasteiger partial charge in [0.1, 0.15) is 35.4 Å². The fraction of sp³-hybridized carbons (Fsp3) is 0.0769. The highest BCUT2D eigenvalue weighted by molar-refractivity contribution is 5.84. The third kappa shape index (κ3) is 5.03. The molecule has 0 heterocycles. The van der Waals surface area contributed by atoms with Crippen molar-refractivity contribution in [1.29, 1.82) is 21.0 Å². The van der Waals surface area contributed by atoms with Crippen molar-refractivity contribution in [2.24, 2.45) is 0 Å². The predicted octanol–water partition coefficient (Wildman–Crippen LogP) is 5.74. The predicted molar refractivity (Wildman–Crippen MR) is 115 cm³/mol. The molecule has 3 rings (SSSR count). The molecule has 0 aliphatic carbocycles. The van der Waals surface area contributed by atoms with E-state index in [1.165, 1.54) is 18.2 Å². The Labute approximate surface area is 216 Å². The lowest BCUT2D eigenvalue weighted by molar-refractivity contribution is -0.141. The van der Waals surface area contributed by atoms with Crippen LogP contribution in [0.4, 0.5) is 43.9 Å². The number of rotatable bonds is 2. The van der Waals surface area contributed by atoms with Crippen LogP contribution in [0.5, 0.6) is 0 Å². The van der Waals surface area contributed by atoms with Crippen molar-refractivity contribution in [1.82, 2.24) is 0 Å². The van der Waals surface area contributed by atoms with E-state index >= 15 is 0 Å². The first-order valence-corrected chi connectivity index (χ1v) is 10.3. The summed E-state index contributed by atoms with van der Waals surface area (Å²) in [5, 5.41) is 35.4. The van der Waals surface area contributed by atoms with Crippen LogP contribution in [0.3, 0.4) is 0 Å². The zero-order chi connectivity index (χ0) is 30.2. The summed E-state index contributed by atoms with van der Waals surface area (Å²) in [7, 11) is 0. The summed E-state index contributed by atoms with van der Waals surface area (Å²) in [5.74, 6) is -9.07. The Bertz CT molecular complexity index is 1810. The number of hydrogen-bond donors (Lipinski definition) is 0. The Morgan fingerprint density at radius 3 is 1.65 bits per heavy atom. The van der Waals surface area contributed by atoms with Gasteiger partial charge in [0.2, 0.25) is 0 Å². The lowest BCUT2D eigenvalue weighted by atomic mass is 9.90. The molecule has 0 amide bonds. The Balaban J connectivity index is 2.74. The largest absolute Gasteiger partial charge is 0.417 e. The van der Waals surface area contributed by atoms with Gasteiger partial charge in [0, 0.05) is 10.4 Å². The number of nitrogens with zero attached hydrogens (tertiary/aromatic N) is 4. The maximum atomic E-state index is 14.8. The Morgan fingerprint density at radius 2 is 1.20 bits per heavy atom. The van der Waals surface area contributed by atoms with Gasteiger partial charge in [-0.1, -0.05) is 12.1 Å². The van der Waals surface area contributed by atoms with Crippen LogP contribution >= 0.6 is 0 Å². The van der Waals surface area contributed by atoms with E-state index in [1.807, 2.05) is 0 Å². The van der Waals surface area contributed by atoms with E-state index < -0.39 is 90.6 Å². The van der Waals surface area contributed by atoms with Crippen LogP contribution in [0.15, 0.2) is 36.4 Å². The molecule has 0 bridgehead atoms. The molecule has 0 N–H and O–H groups in total. The van der Waals surface area contributed by atoms with Crippen LogP contribution in [-0.2, 0) is 12.4 Å². The monoisotopic (exact) mass is 564 g/mol. The first-order valence-electron chi connectivity index (χ1n) is 10.3. The lowest BCUT2D eigenvalue weighted by Crippen LogP contribution is -2.21. The second-order valence-electron chi connectivity index (χ2n) is 7.72. The summed E-state index contributed by atoms with van der Waals surface area (Å²) in [5.41, 5.74) is -11.3. The van der Waals surface area contributed by atoms with Crippen LogP contribution in [0.2, 0.25) is 0 Å². The molecule has 0 spiro atoms. The first-order chi connectivity index (χ1) is 18.6. The molecule has 0 fully saturated rings.